The van der Waals surface area contributed by atoms with Crippen molar-refractivity contribution in [3.63, 3.8) is 0 Å². The van der Waals surface area contributed by atoms with Crippen LogP contribution in [-0.4, -0.2) is 23.9 Å². The van der Waals surface area contributed by atoms with Crippen molar-refractivity contribution in [1.82, 2.24) is 0 Å². The highest BCUT2D eigenvalue weighted by atomic mass is 35.5. The van der Waals surface area contributed by atoms with Crippen LogP contribution in [0.5, 0.6) is 0 Å². The molecule has 0 rings (SSSR count). The molecule has 0 saturated heterocycles. The Morgan fingerprint density at radius 3 is 2.67 bits per heavy atom. The lowest BCUT2D eigenvalue weighted by atomic mass is 10.3. The summed E-state index contributed by atoms with van der Waals surface area (Å²) in [6.07, 6.45) is 2.03. The molecule has 12 heavy (non-hydrogen) atoms. The summed E-state index contributed by atoms with van der Waals surface area (Å²) in [7, 11) is 0. The van der Waals surface area contributed by atoms with E-state index in [1.165, 1.54) is 6.08 Å². The van der Waals surface area contributed by atoms with Crippen molar-refractivity contribution in [2.24, 2.45) is 5.73 Å². The molecule has 0 aliphatic rings. The highest BCUT2D eigenvalue weighted by Gasteiger charge is 2.04. The van der Waals surface area contributed by atoms with E-state index >= 15 is 0 Å². The molecule has 1 atom stereocenters. The minimum absolute atomic E-state index is 0.200. The van der Waals surface area contributed by atoms with E-state index in [0.29, 0.717) is 0 Å². The number of rotatable bonds is 4. The summed E-state index contributed by atoms with van der Waals surface area (Å²) in [6, 6.07) is 0. The Morgan fingerprint density at radius 2 is 2.25 bits per heavy atom. The van der Waals surface area contributed by atoms with Gasteiger partial charge >= 0.3 is 5.97 Å². The third-order valence-corrected chi connectivity index (χ3v) is 1.18. The van der Waals surface area contributed by atoms with Crippen LogP contribution in [0.1, 0.15) is 6.92 Å². The number of amides is 1. The van der Waals surface area contributed by atoms with Crippen LogP contribution in [0.2, 0.25) is 0 Å². The largest absolute Gasteiger partial charge is 0.458 e. The zero-order valence-corrected chi connectivity index (χ0v) is 7.38. The van der Waals surface area contributed by atoms with Gasteiger partial charge in [-0.15, -0.1) is 11.6 Å². The van der Waals surface area contributed by atoms with Crippen molar-refractivity contribution in [3.8, 4) is 0 Å². The summed E-state index contributed by atoms with van der Waals surface area (Å²) in [5.41, 5.74) is 4.81. The lowest BCUT2D eigenvalue weighted by molar-refractivity contribution is -0.143. The molecule has 5 heteroatoms. The third-order valence-electron chi connectivity index (χ3n) is 0.958. The molecule has 68 valence electrons. The maximum atomic E-state index is 10.6. The number of esters is 1. The molecule has 0 aliphatic carbocycles. The zero-order valence-electron chi connectivity index (χ0n) is 6.62. The summed E-state index contributed by atoms with van der Waals surface area (Å²) in [5, 5.41) is 0. The number of primary amides is 1. The molecular formula is C7H10ClNO3. The van der Waals surface area contributed by atoms with Crippen LogP contribution < -0.4 is 5.73 Å². The molecule has 0 aromatic rings. The number of alkyl halides is 1. The normalized spacial score (nSPS) is 12.8. The van der Waals surface area contributed by atoms with Gasteiger partial charge in [0.1, 0.15) is 12.0 Å². The second-order valence-electron chi connectivity index (χ2n) is 2.09. The van der Waals surface area contributed by atoms with Gasteiger partial charge in [-0.2, -0.15) is 0 Å². The fourth-order valence-electron chi connectivity index (χ4n) is 0.508. The van der Waals surface area contributed by atoms with Gasteiger partial charge in [0.05, 0.1) is 0 Å². The molecule has 0 aliphatic heterocycles. The molecule has 1 unspecified atom stereocenters. The molecular weight excluding hydrogens is 182 g/mol. The standard InChI is InChI=1S/C7H10ClNO3/c1-5(2-3-6(9)10)12-7(11)4-8/h2-3,5H,4H2,1H3,(H2,9,10)/b3-2+. The molecule has 1 amide bonds. The number of hydrogen-bond acceptors (Lipinski definition) is 3. The molecule has 0 aromatic carbocycles. The van der Waals surface area contributed by atoms with Crippen LogP contribution in [0.25, 0.3) is 0 Å². The topological polar surface area (TPSA) is 69.4 Å². The summed E-state index contributed by atoms with van der Waals surface area (Å²) < 4.78 is 4.68. The van der Waals surface area contributed by atoms with E-state index < -0.39 is 18.0 Å². The molecule has 0 saturated carbocycles. The minimum atomic E-state index is -0.580. The Morgan fingerprint density at radius 1 is 1.67 bits per heavy atom. The van der Waals surface area contributed by atoms with E-state index in [2.05, 4.69) is 4.74 Å². The average Bonchev–Trinajstić information content (AvgIpc) is 2.00. The maximum absolute atomic E-state index is 10.6. The quantitative estimate of drug-likeness (QED) is 0.392. The fraction of sp³-hybridized carbons (Fsp3) is 0.429. The first kappa shape index (κ1) is 11.0. The Bertz CT molecular complexity index is 203. The molecule has 0 bridgehead atoms. The van der Waals surface area contributed by atoms with Gasteiger partial charge in [-0.25, -0.2) is 0 Å². The second kappa shape index (κ2) is 5.60. The first-order valence-corrected chi connectivity index (χ1v) is 3.82. The smallest absolute Gasteiger partial charge is 0.321 e. The van der Waals surface area contributed by atoms with Gasteiger partial charge in [0.25, 0.3) is 0 Å². The monoisotopic (exact) mass is 191 g/mol. The predicted molar refractivity (Wildman–Crippen MR) is 44.6 cm³/mol. The van der Waals surface area contributed by atoms with Crippen LogP contribution in [0.4, 0.5) is 0 Å². The second-order valence-corrected chi connectivity index (χ2v) is 2.36. The van der Waals surface area contributed by atoms with Crippen LogP contribution in [0.15, 0.2) is 12.2 Å². The number of hydrogen-bond donors (Lipinski definition) is 1. The van der Waals surface area contributed by atoms with Crippen molar-refractivity contribution in [3.05, 3.63) is 12.2 Å². The molecule has 0 fully saturated rings. The van der Waals surface area contributed by atoms with Crippen LogP contribution in [0.3, 0.4) is 0 Å². The highest BCUT2D eigenvalue weighted by Crippen LogP contribution is 1.94. The van der Waals surface area contributed by atoms with Gasteiger partial charge in [-0.3, -0.25) is 9.59 Å². The van der Waals surface area contributed by atoms with E-state index in [-0.39, 0.29) is 5.88 Å². The highest BCUT2D eigenvalue weighted by molar-refractivity contribution is 6.26. The molecule has 0 heterocycles. The number of carbonyl (C=O) groups is 2. The summed E-state index contributed by atoms with van der Waals surface area (Å²) >= 11 is 5.17. The van der Waals surface area contributed by atoms with E-state index in [4.69, 9.17) is 17.3 Å². The van der Waals surface area contributed by atoms with Gasteiger partial charge in [0.15, 0.2) is 0 Å². The molecule has 4 nitrogen and oxygen atoms in total. The molecule has 0 radical (unpaired) electrons. The van der Waals surface area contributed by atoms with E-state index in [1.54, 1.807) is 6.92 Å². The lowest BCUT2D eigenvalue weighted by Gasteiger charge is -2.05. The number of carbonyl (C=O) groups excluding carboxylic acids is 2. The summed E-state index contributed by atoms with van der Waals surface area (Å²) in [5.74, 6) is -1.31. The van der Waals surface area contributed by atoms with Crippen molar-refractivity contribution in [1.29, 1.82) is 0 Å². The van der Waals surface area contributed by atoms with Crippen LogP contribution in [0, 0.1) is 0 Å². The SMILES string of the molecule is CC(/C=C/C(N)=O)OC(=O)CCl. The van der Waals surface area contributed by atoms with Gasteiger partial charge in [-0.1, -0.05) is 0 Å². The number of ether oxygens (including phenoxy) is 1. The Hall–Kier alpha value is -1.03. The summed E-state index contributed by atoms with van der Waals surface area (Å²) in [6.45, 7) is 1.60. The average molecular weight is 192 g/mol. The predicted octanol–water partition coefficient (Wildman–Crippen LogP) is 0.198. The zero-order chi connectivity index (χ0) is 9.56. The first-order chi connectivity index (χ1) is 5.56. The van der Waals surface area contributed by atoms with E-state index in [1.807, 2.05) is 0 Å². The third kappa shape index (κ3) is 5.73. The van der Waals surface area contributed by atoms with Gasteiger partial charge in [0, 0.05) is 6.08 Å². The Kier molecular flexibility index (Phi) is 5.12. The summed E-state index contributed by atoms with van der Waals surface area (Å²) in [4.78, 5) is 20.8. The minimum Gasteiger partial charge on any atom is -0.458 e. The van der Waals surface area contributed by atoms with Crippen molar-refractivity contribution < 1.29 is 14.3 Å². The van der Waals surface area contributed by atoms with E-state index in [0.717, 1.165) is 6.08 Å². The maximum Gasteiger partial charge on any atom is 0.321 e. The molecule has 0 aromatic heterocycles. The lowest BCUT2D eigenvalue weighted by Crippen LogP contribution is -2.15. The molecule has 2 N–H and O–H groups in total. The van der Waals surface area contributed by atoms with Crippen LogP contribution >= 0.6 is 11.6 Å². The van der Waals surface area contributed by atoms with Gasteiger partial charge in [-0.05, 0) is 13.0 Å². The number of nitrogens with two attached hydrogens (primary N) is 1. The van der Waals surface area contributed by atoms with Gasteiger partial charge < -0.3 is 10.5 Å². The van der Waals surface area contributed by atoms with Crippen molar-refractivity contribution in [2.75, 3.05) is 5.88 Å². The van der Waals surface area contributed by atoms with E-state index in [9.17, 15) is 9.59 Å². The molecule has 0 spiro atoms. The Labute approximate surface area is 75.3 Å². The van der Waals surface area contributed by atoms with Crippen molar-refractivity contribution >= 4 is 23.5 Å². The number of halogens is 1. The first-order valence-electron chi connectivity index (χ1n) is 3.29. The van der Waals surface area contributed by atoms with Crippen molar-refractivity contribution in [2.45, 2.75) is 13.0 Å². The van der Waals surface area contributed by atoms with Crippen LogP contribution in [-0.2, 0) is 14.3 Å². The Balaban J connectivity index is 3.81. The van der Waals surface area contributed by atoms with Gasteiger partial charge in [0.2, 0.25) is 5.91 Å². The fourth-order valence-corrected chi connectivity index (χ4v) is 0.571.